The lowest BCUT2D eigenvalue weighted by Crippen LogP contribution is -2.35. The first kappa shape index (κ1) is 18.8. The number of carbonyl (C=O) groups is 1. The fourth-order valence-corrected chi connectivity index (χ4v) is 4.04. The van der Waals surface area contributed by atoms with Gasteiger partial charge in [-0.1, -0.05) is 29.8 Å². The molecule has 146 valence electrons. The number of hydrogen-bond donors (Lipinski definition) is 1. The maximum Gasteiger partial charge on any atom is 0.322 e. The lowest BCUT2D eigenvalue weighted by Gasteiger charge is -2.22. The lowest BCUT2D eigenvalue weighted by atomic mass is 10.1. The van der Waals surface area contributed by atoms with Gasteiger partial charge >= 0.3 is 6.03 Å². The molecule has 2 aromatic carbocycles. The summed E-state index contributed by atoms with van der Waals surface area (Å²) >= 11 is 6.18. The van der Waals surface area contributed by atoms with Crippen molar-refractivity contribution in [3.8, 4) is 0 Å². The Morgan fingerprint density at radius 1 is 1.21 bits per heavy atom. The third kappa shape index (κ3) is 3.48. The second kappa shape index (κ2) is 7.86. The van der Waals surface area contributed by atoms with Crippen LogP contribution in [0.25, 0.3) is 10.9 Å². The molecule has 5 nitrogen and oxygen atoms in total. The van der Waals surface area contributed by atoms with Gasteiger partial charge in [-0.2, -0.15) is 0 Å². The number of nitrogens with zero attached hydrogens (tertiary/aromatic N) is 2. The molecule has 1 aromatic heterocycles. The molecule has 0 atom stereocenters. The van der Waals surface area contributed by atoms with Gasteiger partial charge in [-0.3, -0.25) is 0 Å². The number of urea groups is 1. The van der Waals surface area contributed by atoms with Crippen LogP contribution in [-0.4, -0.2) is 35.8 Å². The Morgan fingerprint density at radius 2 is 2.04 bits per heavy atom. The Bertz CT molecular complexity index is 1030. The number of amides is 2. The molecule has 2 amide bonds. The number of rotatable bonds is 4. The molecule has 6 heteroatoms. The van der Waals surface area contributed by atoms with Gasteiger partial charge in [0.1, 0.15) is 0 Å². The summed E-state index contributed by atoms with van der Waals surface area (Å²) in [5.74, 6) is 0. The van der Waals surface area contributed by atoms with Gasteiger partial charge < -0.3 is 19.5 Å². The maximum atomic E-state index is 12.9. The van der Waals surface area contributed by atoms with Crippen LogP contribution < -0.4 is 5.32 Å². The number of benzene rings is 2. The number of anilines is 1. The lowest BCUT2D eigenvalue weighted by molar-refractivity contribution is 0.188. The Hall–Kier alpha value is -2.50. The third-order valence-corrected chi connectivity index (χ3v) is 5.83. The largest absolute Gasteiger partial charge is 0.383 e. The molecule has 1 aliphatic heterocycles. The molecule has 1 aliphatic rings. The number of methoxy groups -OCH3 is 1. The van der Waals surface area contributed by atoms with E-state index in [-0.39, 0.29) is 6.03 Å². The average molecular weight is 398 g/mol. The zero-order chi connectivity index (χ0) is 19.7. The molecule has 0 saturated carbocycles. The maximum absolute atomic E-state index is 12.9. The molecule has 0 fully saturated rings. The van der Waals surface area contributed by atoms with Gasteiger partial charge in [0, 0.05) is 54.6 Å². The summed E-state index contributed by atoms with van der Waals surface area (Å²) in [5.41, 5.74) is 5.31. The topological polar surface area (TPSA) is 46.5 Å². The number of ether oxygens (including phenoxy) is 1. The Balaban J connectivity index is 1.59. The number of halogens is 1. The molecule has 0 unspecified atom stereocenters. The van der Waals surface area contributed by atoms with E-state index in [4.69, 9.17) is 16.3 Å². The van der Waals surface area contributed by atoms with E-state index in [0.717, 1.165) is 24.2 Å². The standard InChI is InChI=1S/C22H24ClN3O2/c1-15-18(23)6-4-7-19(15)24-22(27)26-10-9-17-13-25(11-12-28-2)20-8-3-5-16(14-26)21(17)20/h3-8,13H,9-12,14H2,1-2H3,(H,24,27). The van der Waals surface area contributed by atoms with E-state index in [0.29, 0.717) is 24.7 Å². The van der Waals surface area contributed by atoms with Crippen LogP contribution in [0.3, 0.4) is 0 Å². The monoisotopic (exact) mass is 397 g/mol. The zero-order valence-electron chi connectivity index (χ0n) is 16.2. The van der Waals surface area contributed by atoms with Crippen LogP contribution >= 0.6 is 11.6 Å². The molecule has 0 spiro atoms. The predicted octanol–water partition coefficient (Wildman–Crippen LogP) is 4.84. The van der Waals surface area contributed by atoms with Crippen LogP contribution in [0.4, 0.5) is 10.5 Å². The fourth-order valence-electron chi connectivity index (χ4n) is 3.87. The normalized spacial score (nSPS) is 13.6. The fraction of sp³-hybridized carbons (Fsp3) is 0.318. The first-order valence-electron chi connectivity index (χ1n) is 9.48. The van der Waals surface area contributed by atoms with Crippen molar-refractivity contribution in [2.75, 3.05) is 25.6 Å². The van der Waals surface area contributed by atoms with E-state index < -0.39 is 0 Å². The van der Waals surface area contributed by atoms with Crippen molar-refractivity contribution in [3.63, 3.8) is 0 Å². The first-order chi connectivity index (χ1) is 13.6. The van der Waals surface area contributed by atoms with Gasteiger partial charge in [-0.25, -0.2) is 4.79 Å². The molecular formula is C22H24ClN3O2. The van der Waals surface area contributed by atoms with Crippen molar-refractivity contribution in [2.45, 2.75) is 26.4 Å². The highest BCUT2D eigenvalue weighted by molar-refractivity contribution is 6.31. The van der Waals surface area contributed by atoms with E-state index in [1.165, 1.54) is 22.0 Å². The van der Waals surface area contributed by atoms with E-state index >= 15 is 0 Å². The van der Waals surface area contributed by atoms with Gasteiger partial charge in [0.25, 0.3) is 0 Å². The third-order valence-electron chi connectivity index (χ3n) is 5.42. The molecule has 0 aliphatic carbocycles. The number of aromatic nitrogens is 1. The first-order valence-corrected chi connectivity index (χ1v) is 9.86. The van der Waals surface area contributed by atoms with E-state index in [9.17, 15) is 4.79 Å². The summed E-state index contributed by atoms with van der Waals surface area (Å²) in [4.78, 5) is 14.8. The second-order valence-corrected chi connectivity index (χ2v) is 7.57. The molecule has 28 heavy (non-hydrogen) atoms. The average Bonchev–Trinajstić information content (AvgIpc) is 2.93. The van der Waals surface area contributed by atoms with Crippen LogP contribution in [0.5, 0.6) is 0 Å². The van der Waals surface area contributed by atoms with Crippen LogP contribution in [0, 0.1) is 6.92 Å². The van der Waals surface area contributed by atoms with Gasteiger partial charge in [-0.05, 0) is 48.2 Å². The molecule has 3 aromatic rings. The molecule has 0 bridgehead atoms. The highest BCUT2D eigenvalue weighted by Crippen LogP contribution is 2.30. The highest BCUT2D eigenvalue weighted by Gasteiger charge is 2.22. The second-order valence-electron chi connectivity index (χ2n) is 7.17. The SMILES string of the molecule is COCCn1cc2c3c(cccc31)CN(C(=O)Nc1cccc(Cl)c1C)CC2. The summed E-state index contributed by atoms with van der Waals surface area (Å²) < 4.78 is 7.49. The Morgan fingerprint density at radius 3 is 2.86 bits per heavy atom. The minimum absolute atomic E-state index is 0.0974. The molecule has 0 saturated heterocycles. The van der Waals surface area contributed by atoms with Crippen molar-refractivity contribution in [3.05, 3.63) is 64.3 Å². The van der Waals surface area contributed by atoms with Crippen LogP contribution in [0.15, 0.2) is 42.6 Å². The summed E-state index contributed by atoms with van der Waals surface area (Å²) in [6.45, 7) is 4.68. The minimum atomic E-state index is -0.0974. The van der Waals surface area contributed by atoms with Crippen molar-refractivity contribution >= 4 is 34.2 Å². The quantitative estimate of drug-likeness (QED) is 0.684. The number of nitrogens with one attached hydrogen (secondary N) is 1. The van der Waals surface area contributed by atoms with Crippen molar-refractivity contribution < 1.29 is 9.53 Å². The van der Waals surface area contributed by atoms with Crippen molar-refractivity contribution in [2.24, 2.45) is 0 Å². The van der Waals surface area contributed by atoms with Gasteiger partial charge in [0.15, 0.2) is 0 Å². The van der Waals surface area contributed by atoms with E-state index in [1.807, 2.05) is 30.0 Å². The van der Waals surface area contributed by atoms with Crippen molar-refractivity contribution in [1.82, 2.24) is 9.47 Å². The van der Waals surface area contributed by atoms with Crippen LogP contribution in [0.1, 0.15) is 16.7 Å². The van der Waals surface area contributed by atoms with E-state index in [2.05, 4.69) is 34.3 Å². The van der Waals surface area contributed by atoms with Gasteiger partial charge in [0.2, 0.25) is 0 Å². The summed E-state index contributed by atoms with van der Waals surface area (Å²) in [6.07, 6.45) is 3.03. The summed E-state index contributed by atoms with van der Waals surface area (Å²) in [5, 5.41) is 4.94. The highest BCUT2D eigenvalue weighted by atomic mass is 35.5. The van der Waals surface area contributed by atoms with Gasteiger partial charge in [-0.15, -0.1) is 0 Å². The molecule has 0 radical (unpaired) electrons. The zero-order valence-corrected chi connectivity index (χ0v) is 16.9. The van der Waals surface area contributed by atoms with E-state index in [1.54, 1.807) is 7.11 Å². The number of hydrogen-bond acceptors (Lipinski definition) is 2. The van der Waals surface area contributed by atoms with Crippen molar-refractivity contribution in [1.29, 1.82) is 0 Å². The molecule has 1 N–H and O–H groups in total. The summed E-state index contributed by atoms with van der Waals surface area (Å²) in [7, 11) is 1.72. The van der Waals surface area contributed by atoms with Crippen LogP contribution in [0.2, 0.25) is 5.02 Å². The Labute approximate surface area is 169 Å². The molecule has 2 heterocycles. The Kier molecular flexibility index (Phi) is 5.29. The predicted molar refractivity (Wildman–Crippen MR) is 113 cm³/mol. The molecule has 4 rings (SSSR count). The van der Waals surface area contributed by atoms with Crippen LogP contribution in [-0.2, 0) is 24.2 Å². The minimum Gasteiger partial charge on any atom is -0.383 e. The molecular weight excluding hydrogens is 374 g/mol. The van der Waals surface area contributed by atoms with Gasteiger partial charge in [0.05, 0.1) is 6.61 Å². The summed E-state index contributed by atoms with van der Waals surface area (Å²) in [6, 6.07) is 11.8. The number of carbonyl (C=O) groups excluding carboxylic acids is 1. The smallest absolute Gasteiger partial charge is 0.322 e.